The van der Waals surface area contributed by atoms with E-state index in [1.54, 1.807) is 42.5 Å². The number of halogens is 2. The number of anilines is 1. The van der Waals surface area contributed by atoms with Crippen LogP contribution in [0, 0.1) is 5.82 Å². The van der Waals surface area contributed by atoms with Crippen molar-refractivity contribution in [2.24, 2.45) is 0 Å². The van der Waals surface area contributed by atoms with Crippen LogP contribution in [0.5, 0.6) is 5.75 Å². The second-order valence-electron chi connectivity index (χ2n) is 6.85. The molecule has 31 heavy (non-hydrogen) atoms. The van der Waals surface area contributed by atoms with Gasteiger partial charge in [0, 0.05) is 4.47 Å². The zero-order chi connectivity index (χ0) is 22.1. The normalized spacial score (nSPS) is 12.7. The summed E-state index contributed by atoms with van der Waals surface area (Å²) >= 11 is 3.17. The van der Waals surface area contributed by atoms with Gasteiger partial charge in [0.2, 0.25) is 0 Å². The van der Waals surface area contributed by atoms with E-state index in [1.807, 2.05) is 0 Å². The number of hydrogen-bond acceptors (Lipinski definition) is 4. The Morgan fingerprint density at radius 1 is 1.03 bits per heavy atom. The van der Waals surface area contributed by atoms with Gasteiger partial charge >= 0.3 is 0 Å². The topological polar surface area (TPSA) is 75.7 Å². The first-order chi connectivity index (χ1) is 14.9. The zero-order valence-electron chi connectivity index (χ0n) is 16.3. The van der Waals surface area contributed by atoms with Crippen molar-refractivity contribution in [2.75, 3.05) is 12.4 Å². The van der Waals surface area contributed by atoms with Crippen molar-refractivity contribution in [2.45, 2.75) is 6.54 Å². The summed E-state index contributed by atoms with van der Waals surface area (Å²) < 4.78 is 19.9. The number of amides is 3. The monoisotopic (exact) mass is 482 g/mol. The van der Waals surface area contributed by atoms with E-state index >= 15 is 0 Å². The Morgan fingerprint density at radius 3 is 2.32 bits per heavy atom. The lowest BCUT2D eigenvalue weighted by Crippen LogP contribution is -2.29. The molecule has 6 nitrogen and oxygen atoms in total. The van der Waals surface area contributed by atoms with Gasteiger partial charge in [-0.15, -0.1) is 0 Å². The number of rotatable bonds is 5. The fourth-order valence-corrected chi connectivity index (χ4v) is 3.71. The van der Waals surface area contributed by atoms with Gasteiger partial charge in [-0.05, 0) is 48.0 Å². The highest BCUT2D eigenvalue weighted by atomic mass is 79.9. The molecule has 0 saturated carbocycles. The standard InChI is InChI=1S/C23H16BrFN2O4/c1-31-20-9-6-13(12-27-22(29)15-4-2-3-5-16(15)23(27)30)10-17(20)21(28)26-19-8-7-14(24)11-18(19)25/h2-11H,12H2,1H3,(H,26,28). The SMILES string of the molecule is COc1ccc(CN2C(=O)c3ccccc3C2=O)cc1C(=O)Nc1ccc(Br)cc1F. The minimum absolute atomic E-state index is 0.0106. The zero-order valence-corrected chi connectivity index (χ0v) is 17.9. The van der Waals surface area contributed by atoms with E-state index in [4.69, 9.17) is 4.74 Å². The second kappa shape index (κ2) is 8.31. The van der Waals surface area contributed by atoms with Crippen LogP contribution in [0.3, 0.4) is 0 Å². The molecule has 0 bridgehead atoms. The van der Waals surface area contributed by atoms with E-state index in [0.29, 0.717) is 21.2 Å². The van der Waals surface area contributed by atoms with Gasteiger partial charge < -0.3 is 10.1 Å². The fraction of sp³-hybridized carbons (Fsp3) is 0.0870. The number of nitrogens with zero attached hydrogens (tertiary/aromatic N) is 1. The Labute approximate surface area is 185 Å². The first-order valence-electron chi connectivity index (χ1n) is 9.27. The van der Waals surface area contributed by atoms with Crippen molar-refractivity contribution in [1.29, 1.82) is 0 Å². The van der Waals surface area contributed by atoms with E-state index in [9.17, 15) is 18.8 Å². The Morgan fingerprint density at radius 2 is 1.71 bits per heavy atom. The molecule has 3 aromatic carbocycles. The summed E-state index contributed by atoms with van der Waals surface area (Å²) in [6, 6.07) is 15.7. The lowest BCUT2D eigenvalue weighted by molar-refractivity contribution is 0.0642. The Bertz CT molecular complexity index is 1190. The van der Waals surface area contributed by atoms with Crippen molar-refractivity contribution in [1.82, 2.24) is 4.90 Å². The summed E-state index contributed by atoms with van der Waals surface area (Å²) in [5.74, 6) is -1.68. The van der Waals surface area contributed by atoms with Gasteiger partial charge in [-0.2, -0.15) is 0 Å². The molecule has 8 heteroatoms. The minimum Gasteiger partial charge on any atom is -0.496 e. The highest BCUT2D eigenvalue weighted by Gasteiger charge is 2.35. The Kier molecular flexibility index (Phi) is 5.56. The molecule has 0 aromatic heterocycles. The van der Waals surface area contributed by atoms with Crippen molar-refractivity contribution in [3.63, 3.8) is 0 Å². The number of fused-ring (bicyclic) bond motifs is 1. The molecular weight excluding hydrogens is 467 g/mol. The van der Waals surface area contributed by atoms with Crippen molar-refractivity contribution in [3.05, 3.63) is 93.2 Å². The number of carbonyl (C=O) groups excluding carboxylic acids is 3. The molecule has 1 aliphatic rings. The van der Waals surface area contributed by atoms with Gasteiger partial charge in [0.15, 0.2) is 0 Å². The fourth-order valence-electron chi connectivity index (χ4n) is 3.38. The van der Waals surface area contributed by atoms with E-state index < -0.39 is 11.7 Å². The average molecular weight is 483 g/mol. The molecule has 0 spiro atoms. The molecule has 0 radical (unpaired) electrons. The number of ether oxygens (including phenoxy) is 1. The second-order valence-corrected chi connectivity index (χ2v) is 7.77. The van der Waals surface area contributed by atoms with Crippen molar-refractivity contribution < 1.29 is 23.5 Å². The molecule has 4 rings (SSSR count). The van der Waals surface area contributed by atoms with Crippen LogP contribution in [0.15, 0.2) is 65.1 Å². The molecule has 1 aliphatic heterocycles. The quantitative estimate of drug-likeness (QED) is 0.537. The minimum atomic E-state index is -0.594. The number of carbonyl (C=O) groups is 3. The van der Waals surface area contributed by atoms with Crippen LogP contribution in [0.2, 0.25) is 0 Å². The first kappa shape index (κ1) is 20.7. The van der Waals surface area contributed by atoms with Crippen LogP contribution in [-0.2, 0) is 6.54 Å². The third-order valence-corrected chi connectivity index (χ3v) is 5.40. The maximum absolute atomic E-state index is 14.1. The highest BCUT2D eigenvalue weighted by Crippen LogP contribution is 2.27. The molecule has 1 N–H and O–H groups in total. The van der Waals surface area contributed by atoms with Crippen LogP contribution in [0.4, 0.5) is 10.1 Å². The Hall–Kier alpha value is -3.52. The molecule has 0 atom stereocenters. The molecule has 0 aliphatic carbocycles. The molecule has 1 heterocycles. The molecule has 0 fully saturated rings. The summed E-state index contributed by atoms with van der Waals surface area (Å²) in [7, 11) is 1.41. The summed E-state index contributed by atoms with van der Waals surface area (Å²) in [5, 5.41) is 2.52. The Balaban J connectivity index is 1.60. The third-order valence-electron chi connectivity index (χ3n) is 4.91. The van der Waals surface area contributed by atoms with E-state index in [-0.39, 0.29) is 35.4 Å². The van der Waals surface area contributed by atoms with E-state index in [1.165, 1.54) is 25.3 Å². The van der Waals surface area contributed by atoms with Crippen molar-refractivity contribution in [3.8, 4) is 5.75 Å². The number of imide groups is 1. The van der Waals surface area contributed by atoms with Gasteiger partial charge in [-0.3, -0.25) is 19.3 Å². The van der Waals surface area contributed by atoms with Crippen LogP contribution in [0.1, 0.15) is 36.6 Å². The first-order valence-corrected chi connectivity index (χ1v) is 10.1. The number of methoxy groups -OCH3 is 1. The number of nitrogens with one attached hydrogen (secondary N) is 1. The smallest absolute Gasteiger partial charge is 0.261 e. The predicted octanol–water partition coefficient (Wildman–Crippen LogP) is 4.65. The van der Waals surface area contributed by atoms with Gasteiger partial charge in [0.1, 0.15) is 11.6 Å². The number of hydrogen-bond donors (Lipinski definition) is 1. The van der Waals surface area contributed by atoms with Gasteiger partial charge in [0.25, 0.3) is 17.7 Å². The largest absolute Gasteiger partial charge is 0.496 e. The molecule has 0 saturated heterocycles. The summed E-state index contributed by atoms with van der Waals surface area (Å²) in [4.78, 5) is 39.2. The molecular formula is C23H16BrFN2O4. The lowest BCUT2D eigenvalue weighted by Gasteiger charge is -2.16. The van der Waals surface area contributed by atoms with Crippen LogP contribution < -0.4 is 10.1 Å². The van der Waals surface area contributed by atoms with Gasteiger partial charge in [-0.1, -0.05) is 34.1 Å². The van der Waals surface area contributed by atoms with Crippen molar-refractivity contribution >= 4 is 39.3 Å². The lowest BCUT2D eigenvalue weighted by atomic mass is 10.1. The maximum atomic E-state index is 14.1. The molecule has 3 amide bonds. The van der Waals surface area contributed by atoms with Crippen LogP contribution in [0.25, 0.3) is 0 Å². The van der Waals surface area contributed by atoms with E-state index in [0.717, 1.165) is 4.90 Å². The van der Waals surface area contributed by atoms with Gasteiger partial charge in [0.05, 0.1) is 36.0 Å². The maximum Gasteiger partial charge on any atom is 0.261 e. The third kappa shape index (κ3) is 3.94. The van der Waals surface area contributed by atoms with E-state index in [2.05, 4.69) is 21.2 Å². The van der Waals surface area contributed by atoms with Crippen LogP contribution >= 0.6 is 15.9 Å². The number of benzene rings is 3. The van der Waals surface area contributed by atoms with Gasteiger partial charge in [-0.25, -0.2) is 4.39 Å². The summed E-state index contributed by atoms with van der Waals surface area (Å²) in [6.07, 6.45) is 0. The summed E-state index contributed by atoms with van der Waals surface area (Å²) in [6.45, 7) is -0.0106. The summed E-state index contributed by atoms with van der Waals surface area (Å²) in [5.41, 5.74) is 1.42. The molecule has 0 unspecified atom stereocenters. The van der Waals surface area contributed by atoms with Crippen LogP contribution in [-0.4, -0.2) is 29.7 Å². The molecule has 3 aromatic rings. The highest BCUT2D eigenvalue weighted by molar-refractivity contribution is 9.10. The predicted molar refractivity (Wildman–Crippen MR) is 116 cm³/mol. The average Bonchev–Trinajstić information content (AvgIpc) is 3.00. The molecule has 156 valence electrons.